The third-order valence-electron chi connectivity index (χ3n) is 2.76. The summed E-state index contributed by atoms with van der Waals surface area (Å²) in [6, 6.07) is 5.64. The number of nitrogens with two attached hydrogens (primary N) is 2. The Labute approximate surface area is 112 Å². The normalized spacial score (nSPS) is 11.3. The van der Waals surface area contributed by atoms with Crippen LogP contribution in [0.4, 0.5) is 4.79 Å². The van der Waals surface area contributed by atoms with Gasteiger partial charge in [0.2, 0.25) is 0 Å². The van der Waals surface area contributed by atoms with Crippen molar-refractivity contribution in [2.75, 3.05) is 0 Å². The Morgan fingerprint density at radius 1 is 1.39 bits per heavy atom. The zero-order chi connectivity index (χ0) is 13.8. The van der Waals surface area contributed by atoms with Gasteiger partial charge in [-0.15, -0.1) is 0 Å². The number of hydrogen-bond donors (Lipinski definition) is 2. The van der Waals surface area contributed by atoms with Gasteiger partial charge in [0.05, 0.1) is 0 Å². The second-order valence-electron chi connectivity index (χ2n) is 4.80. The maximum absolute atomic E-state index is 10.8. The lowest BCUT2D eigenvalue weighted by atomic mass is 9.95. The van der Waals surface area contributed by atoms with E-state index in [1.807, 2.05) is 32.0 Å². The van der Waals surface area contributed by atoms with E-state index in [9.17, 15) is 4.79 Å². The van der Waals surface area contributed by atoms with E-state index in [1.165, 1.54) is 0 Å². The standard InChI is InChI=1S/C13H19ClN2O2/c1-13(2,18-12(16)17)6-5-9-3-4-11(14)7-10(9)8-15/h3-4,7H,5-6,8,15H2,1-2H3,(H2,16,17). The smallest absolute Gasteiger partial charge is 0.405 e. The molecule has 0 aliphatic heterocycles. The third-order valence-corrected chi connectivity index (χ3v) is 3.00. The molecule has 0 saturated carbocycles. The van der Waals surface area contributed by atoms with Gasteiger partial charge in [0.25, 0.3) is 0 Å². The Bertz CT molecular complexity index is 433. The van der Waals surface area contributed by atoms with Gasteiger partial charge in [0.15, 0.2) is 0 Å². The average molecular weight is 271 g/mol. The summed E-state index contributed by atoms with van der Waals surface area (Å²) in [5, 5.41) is 0.673. The second-order valence-corrected chi connectivity index (χ2v) is 5.23. The van der Waals surface area contributed by atoms with Gasteiger partial charge in [-0.2, -0.15) is 0 Å². The van der Waals surface area contributed by atoms with Gasteiger partial charge in [0, 0.05) is 11.6 Å². The number of hydrogen-bond acceptors (Lipinski definition) is 3. The van der Waals surface area contributed by atoms with Crippen LogP contribution >= 0.6 is 11.6 Å². The van der Waals surface area contributed by atoms with Crippen LogP contribution < -0.4 is 11.5 Å². The van der Waals surface area contributed by atoms with E-state index in [1.54, 1.807) is 0 Å². The molecule has 5 heteroatoms. The highest BCUT2D eigenvalue weighted by molar-refractivity contribution is 6.30. The van der Waals surface area contributed by atoms with Crippen molar-refractivity contribution in [2.24, 2.45) is 11.5 Å². The first-order valence-electron chi connectivity index (χ1n) is 5.80. The van der Waals surface area contributed by atoms with Crippen LogP contribution in [0.2, 0.25) is 5.02 Å². The molecule has 4 nitrogen and oxygen atoms in total. The van der Waals surface area contributed by atoms with Gasteiger partial charge in [-0.3, -0.25) is 0 Å². The number of amides is 1. The topological polar surface area (TPSA) is 78.3 Å². The molecule has 0 atom stereocenters. The molecule has 1 rings (SSSR count). The van der Waals surface area contributed by atoms with Crippen molar-refractivity contribution in [1.29, 1.82) is 0 Å². The predicted octanol–water partition coefficient (Wildman–Crippen LogP) is 2.61. The van der Waals surface area contributed by atoms with E-state index in [-0.39, 0.29) is 0 Å². The van der Waals surface area contributed by atoms with Crippen LogP contribution in [0.25, 0.3) is 0 Å². The maximum Gasteiger partial charge on any atom is 0.405 e. The first-order chi connectivity index (χ1) is 8.34. The van der Waals surface area contributed by atoms with Crippen molar-refractivity contribution < 1.29 is 9.53 Å². The van der Waals surface area contributed by atoms with Crippen LogP contribution in [-0.2, 0) is 17.7 Å². The molecule has 0 saturated heterocycles. The second kappa shape index (κ2) is 6.07. The van der Waals surface area contributed by atoms with Crippen LogP contribution in [-0.4, -0.2) is 11.7 Å². The summed E-state index contributed by atoms with van der Waals surface area (Å²) < 4.78 is 5.04. The fourth-order valence-corrected chi connectivity index (χ4v) is 1.98. The number of halogens is 1. The number of primary amides is 1. The van der Waals surface area contributed by atoms with Crippen molar-refractivity contribution in [3.8, 4) is 0 Å². The first kappa shape index (κ1) is 14.8. The number of carbonyl (C=O) groups excluding carboxylic acids is 1. The lowest BCUT2D eigenvalue weighted by molar-refractivity contribution is 0.0394. The molecule has 0 radical (unpaired) electrons. The monoisotopic (exact) mass is 270 g/mol. The molecule has 1 amide bonds. The van der Waals surface area contributed by atoms with Crippen LogP contribution in [0.1, 0.15) is 31.4 Å². The Morgan fingerprint density at radius 2 is 2.06 bits per heavy atom. The summed E-state index contributed by atoms with van der Waals surface area (Å²) >= 11 is 5.91. The van der Waals surface area contributed by atoms with Gasteiger partial charge >= 0.3 is 6.09 Å². The largest absolute Gasteiger partial charge is 0.444 e. The van der Waals surface area contributed by atoms with Gasteiger partial charge < -0.3 is 16.2 Å². The summed E-state index contributed by atoms with van der Waals surface area (Å²) in [7, 11) is 0. The molecule has 18 heavy (non-hydrogen) atoms. The van der Waals surface area contributed by atoms with Gasteiger partial charge in [-0.05, 0) is 49.9 Å². The summed E-state index contributed by atoms with van der Waals surface area (Å²) in [5.41, 5.74) is 12.2. The number of benzene rings is 1. The highest BCUT2D eigenvalue weighted by Crippen LogP contribution is 2.22. The summed E-state index contributed by atoms with van der Waals surface area (Å²) in [4.78, 5) is 10.8. The quantitative estimate of drug-likeness (QED) is 0.863. The fourth-order valence-electron chi connectivity index (χ4n) is 1.79. The summed E-state index contributed by atoms with van der Waals surface area (Å²) in [6.45, 7) is 4.10. The van der Waals surface area contributed by atoms with Crippen molar-refractivity contribution in [3.63, 3.8) is 0 Å². The van der Waals surface area contributed by atoms with Crippen LogP contribution in [0.5, 0.6) is 0 Å². The van der Waals surface area contributed by atoms with Crippen molar-refractivity contribution in [1.82, 2.24) is 0 Å². The molecule has 0 aliphatic carbocycles. The van der Waals surface area contributed by atoms with Crippen LogP contribution in [0.3, 0.4) is 0 Å². The van der Waals surface area contributed by atoms with E-state index < -0.39 is 11.7 Å². The number of ether oxygens (including phenoxy) is 1. The number of aryl methyl sites for hydroxylation is 1. The molecule has 1 aromatic rings. The number of carbonyl (C=O) groups is 1. The Kier molecular flexibility index (Phi) is 4.99. The Morgan fingerprint density at radius 3 is 2.61 bits per heavy atom. The molecule has 4 N–H and O–H groups in total. The fraction of sp³-hybridized carbons (Fsp3) is 0.462. The minimum absolute atomic E-state index is 0.437. The molecular weight excluding hydrogens is 252 g/mol. The molecule has 0 aliphatic rings. The van der Waals surface area contributed by atoms with E-state index in [0.717, 1.165) is 17.5 Å². The molecule has 0 unspecified atom stereocenters. The van der Waals surface area contributed by atoms with Gasteiger partial charge in [-0.25, -0.2) is 4.79 Å². The summed E-state index contributed by atoms with van der Waals surface area (Å²) in [6.07, 6.45) is 0.671. The lowest BCUT2D eigenvalue weighted by Gasteiger charge is -2.24. The van der Waals surface area contributed by atoms with Crippen LogP contribution in [0, 0.1) is 0 Å². The third kappa shape index (κ3) is 4.55. The van der Waals surface area contributed by atoms with E-state index in [2.05, 4.69) is 0 Å². The lowest BCUT2D eigenvalue weighted by Crippen LogP contribution is -2.31. The Hall–Kier alpha value is -1.26. The van der Waals surface area contributed by atoms with E-state index in [4.69, 9.17) is 27.8 Å². The molecular formula is C13H19ClN2O2. The average Bonchev–Trinajstić information content (AvgIpc) is 2.25. The minimum Gasteiger partial charge on any atom is -0.444 e. The maximum atomic E-state index is 10.8. The number of rotatable bonds is 5. The van der Waals surface area contributed by atoms with Crippen molar-refractivity contribution >= 4 is 17.7 Å². The predicted molar refractivity (Wildman–Crippen MR) is 72.4 cm³/mol. The van der Waals surface area contributed by atoms with Crippen molar-refractivity contribution in [2.45, 2.75) is 38.8 Å². The highest BCUT2D eigenvalue weighted by atomic mass is 35.5. The summed E-state index contributed by atoms with van der Waals surface area (Å²) in [5.74, 6) is 0. The first-order valence-corrected chi connectivity index (χ1v) is 6.17. The molecule has 0 aromatic heterocycles. The molecule has 1 aromatic carbocycles. The van der Waals surface area contributed by atoms with Crippen molar-refractivity contribution in [3.05, 3.63) is 34.3 Å². The molecule has 0 fully saturated rings. The SMILES string of the molecule is CC(C)(CCc1ccc(Cl)cc1CN)OC(N)=O. The van der Waals surface area contributed by atoms with Gasteiger partial charge in [-0.1, -0.05) is 17.7 Å². The van der Waals surface area contributed by atoms with Crippen LogP contribution in [0.15, 0.2) is 18.2 Å². The molecule has 100 valence electrons. The van der Waals surface area contributed by atoms with E-state index >= 15 is 0 Å². The molecule has 0 heterocycles. The Balaban J connectivity index is 2.71. The highest BCUT2D eigenvalue weighted by Gasteiger charge is 2.21. The zero-order valence-corrected chi connectivity index (χ0v) is 11.5. The van der Waals surface area contributed by atoms with E-state index in [0.29, 0.717) is 18.0 Å². The molecule has 0 bridgehead atoms. The molecule has 0 spiro atoms. The minimum atomic E-state index is -0.754. The van der Waals surface area contributed by atoms with Gasteiger partial charge in [0.1, 0.15) is 5.60 Å². The zero-order valence-electron chi connectivity index (χ0n) is 10.7.